The molecule has 2 heteroatoms. The molecule has 1 atom stereocenters. The van der Waals surface area contributed by atoms with E-state index >= 15 is 0 Å². The van der Waals surface area contributed by atoms with Gasteiger partial charge in [-0.2, -0.15) is 0 Å². The lowest BCUT2D eigenvalue weighted by molar-refractivity contribution is 0.426. The molecule has 1 aromatic heterocycles. The summed E-state index contributed by atoms with van der Waals surface area (Å²) in [6, 6.07) is 8.92. The van der Waals surface area contributed by atoms with Gasteiger partial charge in [0.25, 0.3) is 0 Å². The van der Waals surface area contributed by atoms with Crippen LogP contribution in [0.15, 0.2) is 28.7 Å². The third-order valence-corrected chi connectivity index (χ3v) is 3.64. The Kier molecular flexibility index (Phi) is 4.00. The number of para-hydroxylation sites is 1. The lowest BCUT2D eigenvalue weighted by Crippen LogP contribution is -2.15. The molecule has 1 N–H and O–H groups in total. The van der Waals surface area contributed by atoms with Crippen LogP contribution in [0.5, 0.6) is 0 Å². The van der Waals surface area contributed by atoms with Crippen LogP contribution in [0, 0.1) is 0 Å². The van der Waals surface area contributed by atoms with Crippen molar-refractivity contribution in [3.05, 3.63) is 35.6 Å². The van der Waals surface area contributed by atoms with Crippen molar-refractivity contribution in [2.75, 3.05) is 7.05 Å². The zero-order valence-electron chi connectivity index (χ0n) is 12.7. The van der Waals surface area contributed by atoms with Crippen molar-refractivity contribution in [2.24, 2.45) is 0 Å². The average Bonchev–Trinajstić information content (AvgIpc) is 2.77. The highest BCUT2D eigenvalue weighted by Gasteiger charge is 2.21. The van der Waals surface area contributed by atoms with Crippen LogP contribution >= 0.6 is 0 Å². The van der Waals surface area contributed by atoms with E-state index in [2.05, 4.69) is 57.3 Å². The van der Waals surface area contributed by atoms with Crippen LogP contribution in [0.4, 0.5) is 0 Å². The Bertz CT molecular complexity index is 548. The molecule has 0 aliphatic heterocycles. The van der Waals surface area contributed by atoms with Crippen molar-refractivity contribution >= 4 is 11.0 Å². The third-order valence-electron chi connectivity index (χ3n) is 3.64. The van der Waals surface area contributed by atoms with Crippen LogP contribution in [0.1, 0.15) is 57.9 Å². The predicted octanol–water partition coefficient (Wildman–Crippen LogP) is 4.79. The SMILES string of the molecule is CCCC(NC)c1cc2cccc(C(C)(C)C)c2o1. The van der Waals surface area contributed by atoms with Crippen LogP contribution in [0.25, 0.3) is 11.0 Å². The van der Waals surface area contributed by atoms with E-state index in [1.807, 2.05) is 7.05 Å². The first-order valence-corrected chi connectivity index (χ1v) is 7.17. The van der Waals surface area contributed by atoms with Crippen molar-refractivity contribution in [1.29, 1.82) is 0 Å². The highest BCUT2D eigenvalue weighted by atomic mass is 16.3. The van der Waals surface area contributed by atoms with Crippen LogP contribution in [0.2, 0.25) is 0 Å². The minimum absolute atomic E-state index is 0.106. The van der Waals surface area contributed by atoms with Gasteiger partial charge in [-0.05, 0) is 24.9 Å². The summed E-state index contributed by atoms with van der Waals surface area (Å²) in [5, 5.41) is 4.55. The number of hydrogen-bond donors (Lipinski definition) is 1. The summed E-state index contributed by atoms with van der Waals surface area (Å²) in [5.41, 5.74) is 2.43. The predicted molar refractivity (Wildman–Crippen MR) is 81.6 cm³/mol. The van der Waals surface area contributed by atoms with E-state index in [9.17, 15) is 0 Å². The van der Waals surface area contributed by atoms with Crippen LogP contribution in [0.3, 0.4) is 0 Å². The molecule has 2 rings (SSSR count). The molecular weight excluding hydrogens is 234 g/mol. The zero-order chi connectivity index (χ0) is 14.0. The van der Waals surface area contributed by atoms with Gasteiger partial charge in [0, 0.05) is 10.9 Å². The molecule has 1 heterocycles. The summed E-state index contributed by atoms with van der Waals surface area (Å²) >= 11 is 0. The summed E-state index contributed by atoms with van der Waals surface area (Å²) in [5.74, 6) is 1.05. The van der Waals surface area contributed by atoms with E-state index in [1.54, 1.807) is 0 Å². The summed E-state index contributed by atoms with van der Waals surface area (Å²) in [6.07, 6.45) is 2.25. The van der Waals surface area contributed by atoms with Crippen molar-refractivity contribution < 1.29 is 4.42 Å². The van der Waals surface area contributed by atoms with E-state index in [1.165, 1.54) is 10.9 Å². The second-order valence-electron chi connectivity index (χ2n) is 6.25. The van der Waals surface area contributed by atoms with Crippen LogP contribution in [-0.4, -0.2) is 7.05 Å². The highest BCUT2D eigenvalue weighted by Crippen LogP contribution is 2.34. The fourth-order valence-corrected chi connectivity index (χ4v) is 2.56. The van der Waals surface area contributed by atoms with Gasteiger partial charge in [0.15, 0.2) is 0 Å². The summed E-state index contributed by atoms with van der Waals surface area (Å²) in [6.45, 7) is 8.89. The molecule has 19 heavy (non-hydrogen) atoms. The molecule has 0 bridgehead atoms. The molecule has 0 aliphatic rings. The van der Waals surface area contributed by atoms with Gasteiger partial charge in [0.2, 0.25) is 0 Å². The van der Waals surface area contributed by atoms with Gasteiger partial charge in [-0.25, -0.2) is 0 Å². The molecule has 2 nitrogen and oxygen atoms in total. The summed E-state index contributed by atoms with van der Waals surface area (Å²) < 4.78 is 6.17. The lowest BCUT2D eigenvalue weighted by atomic mass is 9.86. The average molecular weight is 259 g/mol. The van der Waals surface area contributed by atoms with Crippen LogP contribution in [-0.2, 0) is 5.41 Å². The largest absolute Gasteiger partial charge is 0.459 e. The molecule has 104 valence electrons. The topological polar surface area (TPSA) is 25.2 Å². The molecule has 1 aromatic carbocycles. The number of benzene rings is 1. The van der Waals surface area contributed by atoms with E-state index in [0.717, 1.165) is 24.2 Å². The molecule has 0 amide bonds. The van der Waals surface area contributed by atoms with Gasteiger partial charge in [-0.15, -0.1) is 0 Å². The number of nitrogens with one attached hydrogen (secondary N) is 1. The maximum absolute atomic E-state index is 6.17. The van der Waals surface area contributed by atoms with Gasteiger partial charge >= 0.3 is 0 Å². The number of furan rings is 1. The quantitative estimate of drug-likeness (QED) is 0.854. The molecule has 0 spiro atoms. The first-order valence-electron chi connectivity index (χ1n) is 7.17. The molecule has 0 saturated carbocycles. The molecular formula is C17H25NO. The summed E-state index contributed by atoms with van der Waals surface area (Å²) in [4.78, 5) is 0. The fourth-order valence-electron chi connectivity index (χ4n) is 2.56. The van der Waals surface area contributed by atoms with Crippen molar-refractivity contribution in [1.82, 2.24) is 5.32 Å². The molecule has 2 aromatic rings. The standard InChI is InChI=1S/C17H25NO/c1-6-8-14(18-5)15-11-12-9-7-10-13(16(12)19-15)17(2,3)4/h7,9-11,14,18H,6,8H2,1-5H3. The minimum atomic E-state index is 0.106. The first kappa shape index (κ1) is 14.1. The minimum Gasteiger partial charge on any atom is -0.459 e. The van der Waals surface area contributed by atoms with Gasteiger partial charge in [0.05, 0.1) is 6.04 Å². The summed E-state index contributed by atoms with van der Waals surface area (Å²) in [7, 11) is 2.00. The number of hydrogen-bond acceptors (Lipinski definition) is 2. The van der Waals surface area contributed by atoms with E-state index < -0.39 is 0 Å². The van der Waals surface area contributed by atoms with Gasteiger partial charge < -0.3 is 9.73 Å². The molecule has 0 aliphatic carbocycles. The van der Waals surface area contributed by atoms with E-state index in [-0.39, 0.29) is 5.41 Å². The molecule has 0 fully saturated rings. The molecule has 1 unspecified atom stereocenters. The lowest BCUT2D eigenvalue weighted by Gasteiger charge is -2.19. The van der Waals surface area contributed by atoms with Crippen molar-refractivity contribution in [3.63, 3.8) is 0 Å². The van der Waals surface area contributed by atoms with Crippen LogP contribution < -0.4 is 5.32 Å². The Morgan fingerprint density at radius 3 is 2.58 bits per heavy atom. The Morgan fingerprint density at radius 2 is 2.00 bits per heavy atom. The van der Waals surface area contributed by atoms with Gasteiger partial charge in [0.1, 0.15) is 11.3 Å². The van der Waals surface area contributed by atoms with Gasteiger partial charge in [-0.1, -0.05) is 52.3 Å². The normalized spacial score (nSPS) is 13.9. The monoisotopic (exact) mass is 259 g/mol. The van der Waals surface area contributed by atoms with Crippen molar-refractivity contribution in [3.8, 4) is 0 Å². The number of rotatable bonds is 4. The second kappa shape index (κ2) is 5.38. The maximum Gasteiger partial charge on any atom is 0.138 e. The Balaban J connectivity index is 2.51. The molecule has 0 radical (unpaired) electrons. The van der Waals surface area contributed by atoms with E-state index in [0.29, 0.717) is 6.04 Å². The van der Waals surface area contributed by atoms with Crippen molar-refractivity contribution in [2.45, 2.75) is 52.0 Å². The zero-order valence-corrected chi connectivity index (χ0v) is 12.7. The maximum atomic E-state index is 6.17. The second-order valence-corrected chi connectivity index (χ2v) is 6.25. The highest BCUT2D eigenvalue weighted by molar-refractivity contribution is 5.82. The third kappa shape index (κ3) is 2.84. The fraction of sp³-hybridized carbons (Fsp3) is 0.529. The smallest absolute Gasteiger partial charge is 0.138 e. The van der Waals surface area contributed by atoms with Gasteiger partial charge in [-0.3, -0.25) is 0 Å². The Hall–Kier alpha value is -1.28. The van der Waals surface area contributed by atoms with E-state index in [4.69, 9.17) is 4.42 Å². The number of fused-ring (bicyclic) bond motifs is 1. The Labute approximate surface area is 116 Å². The Morgan fingerprint density at radius 1 is 1.26 bits per heavy atom. The first-order chi connectivity index (χ1) is 8.97. The molecule has 0 saturated heterocycles.